The number of nitrogens with zero attached hydrogens (tertiary/aromatic N) is 1. The van der Waals surface area contributed by atoms with E-state index in [2.05, 4.69) is 0 Å². The molecule has 0 bridgehead atoms. The summed E-state index contributed by atoms with van der Waals surface area (Å²) >= 11 is 0. The number of aliphatic carboxylic acids is 1. The van der Waals surface area contributed by atoms with Crippen LogP contribution in [0.1, 0.15) is 26.3 Å². The molecule has 3 nitrogen and oxygen atoms in total. The summed E-state index contributed by atoms with van der Waals surface area (Å²) in [6.45, 7) is 4.99. The third-order valence-electron chi connectivity index (χ3n) is 1.54. The van der Waals surface area contributed by atoms with Crippen molar-refractivity contribution in [3.05, 3.63) is 35.9 Å². The third kappa shape index (κ3) is 6.28. The predicted molar refractivity (Wildman–Crippen MR) is 58.2 cm³/mol. The summed E-state index contributed by atoms with van der Waals surface area (Å²) in [7, 11) is 0. The summed E-state index contributed by atoms with van der Waals surface area (Å²) in [6.07, 6.45) is 0. The van der Waals surface area contributed by atoms with Crippen LogP contribution in [0, 0.1) is 16.7 Å². The minimum atomic E-state index is -0.757. The van der Waals surface area contributed by atoms with Crippen LogP contribution in [0.4, 0.5) is 0 Å². The number of nitriles is 1. The first-order chi connectivity index (χ1) is 6.88. The van der Waals surface area contributed by atoms with Gasteiger partial charge in [-0.25, -0.2) is 0 Å². The first kappa shape index (κ1) is 13.2. The maximum absolute atomic E-state index is 10.0. The summed E-state index contributed by atoms with van der Waals surface area (Å²) in [5.41, 5.74) is 0.132. The van der Waals surface area contributed by atoms with Crippen LogP contribution >= 0.6 is 0 Å². The zero-order valence-corrected chi connectivity index (χ0v) is 9.19. The van der Waals surface area contributed by atoms with Crippen molar-refractivity contribution in [3.63, 3.8) is 0 Å². The van der Waals surface area contributed by atoms with Crippen LogP contribution in [0.2, 0.25) is 0 Å². The number of hydrogen-bond acceptors (Lipinski definition) is 2. The maximum Gasteiger partial charge on any atom is 0.308 e. The Kier molecular flexibility index (Phi) is 5.11. The molecule has 0 spiro atoms. The van der Waals surface area contributed by atoms with E-state index in [9.17, 15) is 4.79 Å². The van der Waals surface area contributed by atoms with E-state index in [1.165, 1.54) is 0 Å². The molecular weight excluding hydrogens is 190 g/mol. The van der Waals surface area contributed by atoms with Gasteiger partial charge in [-0.2, -0.15) is 5.26 Å². The second-order valence-electron chi connectivity index (χ2n) is 4.03. The van der Waals surface area contributed by atoms with Gasteiger partial charge in [-0.05, 0) is 32.9 Å². The summed E-state index contributed by atoms with van der Waals surface area (Å²) in [5.74, 6) is -0.757. The lowest BCUT2D eigenvalue weighted by molar-refractivity contribution is -0.145. The Morgan fingerprint density at radius 1 is 1.27 bits per heavy atom. The fraction of sp³-hybridized carbons (Fsp3) is 0.333. The van der Waals surface area contributed by atoms with Gasteiger partial charge in [0, 0.05) is 0 Å². The van der Waals surface area contributed by atoms with Crippen LogP contribution in [0.15, 0.2) is 30.3 Å². The Hall–Kier alpha value is -1.82. The van der Waals surface area contributed by atoms with Gasteiger partial charge in [0.1, 0.15) is 0 Å². The number of carboxylic acids is 1. The van der Waals surface area contributed by atoms with Crippen molar-refractivity contribution >= 4 is 5.97 Å². The van der Waals surface area contributed by atoms with Crippen molar-refractivity contribution in [1.82, 2.24) is 0 Å². The highest BCUT2D eigenvalue weighted by Gasteiger charge is 2.18. The molecule has 1 aromatic rings. The molecule has 0 amide bonds. The highest BCUT2D eigenvalue weighted by molar-refractivity contribution is 5.72. The van der Waals surface area contributed by atoms with Crippen molar-refractivity contribution in [3.8, 4) is 6.07 Å². The van der Waals surface area contributed by atoms with Gasteiger partial charge in [0.25, 0.3) is 0 Å². The minimum Gasteiger partial charge on any atom is -0.481 e. The zero-order valence-electron chi connectivity index (χ0n) is 9.19. The van der Waals surface area contributed by atoms with Gasteiger partial charge in [-0.3, -0.25) is 4.79 Å². The maximum atomic E-state index is 10.0. The molecule has 0 aliphatic rings. The molecule has 0 unspecified atom stereocenters. The Bertz CT molecular complexity index is 344. The van der Waals surface area contributed by atoms with E-state index in [1.807, 2.05) is 24.3 Å². The Balaban J connectivity index is 0.000000265. The van der Waals surface area contributed by atoms with Crippen LogP contribution in [0.3, 0.4) is 0 Å². The van der Waals surface area contributed by atoms with E-state index >= 15 is 0 Å². The summed E-state index contributed by atoms with van der Waals surface area (Å²) < 4.78 is 0. The molecular formula is C12H15NO2. The lowest BCUT2D eigenvalue weighted by atomic mass is 9.98. The van der Waals surface area contributed by atoms with Gasteiger partial charge < -0.3 is 5.11 Å². The molecule has 0 atom stereocenters. The molecule has 1 N–H and O–H groups in total. The molecule has 0 aliphatic heterocycles. The topological polar surface area (TPSA) is 61.1 Å². The number of carbonyl (C=O) groups is 1. The lowest BCUT2D eigenvalue weighted by Gasteiger charge is -2.08. The molecule has 3 heteroatoms. The molecule has 0 saturated carbocycles. The SMILES string of the molecule is CC(C)(C)C(=O)O.N#Cc1ccccc1. The van der Waals surface area contributed by atoms with Crippen molar-refractivity contribution in [1.29, 1.82) is 5.26 Å². The third-order valence-corrected chi connectivity index (χ3v) is 1.54. The fourth-order valence-electron chi connectivity index (χ4n) is 0.513. The number of carboxylic acid groups (broad SMARTS) is 1. The van der Waals surface area contributed by atoms with E-state index < -0.39 is 11.4 Å². The minimum absolute atomic E-state index is 0.583. The first-order valence-electron chi connectivity index (χ1n) is 4.56. The average Bonchev–Trinajstić information content (AvgIpc) is 2.18. The molecule has 15 heavy (non-hydrogen) atoms. The fourth-order valence-corrected chi connectivity index (χ4v) is 0.513. The van der Waals surface area contributed by atoms with Gasteiger partial charge in [0.2, 0.25) is 0 Å². The van der Waals surface area contributed by atoms with Crippen molar-refractivity contribution in [2.75, 3.05) is 0 Å². The lowest BCUT2D eigenvalue weighted by Crippen LogP contribution is -2.18. The smallest absolute Gasteiger partial charge is 0.308 e. The zero-order chi connectivity index (χ0) is 11.9. The Labute approximate surface area is 90.0 Å². The van der Waals surface area contributed by atoms with Crippen LogP contribution in [0.5, 0.6) is 0 Å². The number of benzene rings is 1. The quantitative estimate of drug-likeness (QED) is 0.708. The first-order valence-corrected chi connectivity index (χ1v) is 4.56. The molecule has 0 radical (unpaired) electrons. The van der Waals surface area contributed by atoms with Crippen LogP contribution in [0.25, 0.3) is 0 Å². The monoisotopic (exact) mass is 205 g/mol. The van der Waals surface area contributed by atoms with E-state index in [4.69, 9.17) is 10.4 Å². The molecule has 0 aliphatic carbocycles. The van der Waals surface area contributed by atoms with E-state index in [-0.39, 0.29) is 0 Å². The second kappa shape index (κ2) is 5.82. The molecule has 0 fully saturated rings. The number of rotatable bonds is 0. The van der Waals surface area contributed by atoms with Crippen molar-refractivity contribution in [2.24, 2.45) is 5.41 Å². The Morgan fingerprint density at radius 2 is 1.67 bits per heavy atom. The summed E-state index contributed by atoms with van der Waals surface area (Å²) in [6, 6.07) is 11.2. The van der Waals surface area contributed by atoms with Crippen molar-refractivity contribution in [2.45, 2.75) is 20.8 Å². The predicted octanol–water partition coefficient (Wildman–Crippen LogP) is 2.68. The van der Waals surface area contributed by atoms with Crippen LogP contribution < -0.4 is 0 Å². The van der Waals surface area contributed by atoms with E-state index in [0.717, 1.165) is 0 Å². The van der Waals surface area contributed by atoms with E-state index in [0.29, 0.717) is 5.56 Å². The molecule has 0 aromatic heterocycles. The molecule has 0 saturated heterocycles. The Morgan fingerprint density at radius 3 is 1.87 bits per heavy atom. The van der Waals surface area contributed by atoms with Gasteiger partial charge in [-0.1, -0.05) is 18.2 Å². The largest absolute Gasteiger partial charge is 0.481 e. The second-order valence-corrected chi connectivity index (χ2v) is 4.03. The standard InChI is InChI=1S/C7H5N.C5H10O2/c8-6-7-4-2-1-3-5-7;1-5(2,3)4(6)7/h1-5H;1-3H3,(H,6,7). The molecule has 0 heterocycles. The van der Waals surface area contributed by atoms with Crippen molar-refractivity contribution < 1.29 is 9.90 Å². The molecule has 1 rings (SSSR count). The van der Waals surface area contributed by atoms with Gasteiger partial charge >= 0.3 is 5.97 Å². The normalized spacial score (nSPS) is 9.47. The highest BCUT2D eigenvalue weighted by Crippen LogP contribution is 2.11. The van der Waals surface area contributed by atoms with Gasteiger partial charge in [-0.15, -0.1) is 0 Å². The van der Waals surface area contributed by atoms with Gasteiger partial charge in [0.05, 0.1) is 17.0 Å². The molecule has 1 aromatic carbocycles. The average molecular weight is 205 g/mol. The summed E-state index contributed by atoms with van der Waals surface area (Å²) in [4.78, 5) is 10.0. The van der Waals surface area contributed by atoms with Crippen LogP contribution in [-0.4, -0.2) is 11.1 Å². The van der Waals surface area contributed by atoms with Gasteiger partial charge in [0.15, 0.2) is 0 Å². The highest BCUT2D eigenvalue weighted by atomic mass is 16.4. The summed E-state index contributed by atoms with van der Waals surface area (Å²) in [5, 5.41) is 16.5. The number of hydrogen-bond donors (Lipinski definition) is 1. The van der Waals surface area contributed by atoms with E-state index in [1.54, 1.807) is 32.9 Å². The molecule has 80 valence electrons. The van der Waals surface area contributed by atoms with Crippen LogP contribution in [-0.2, 0) is 4.79 Å².